The number of rotatable bonds is 6. The van der Waals surface area contributed by atoms with Gasteiger partial charge in [-0.2, -0.15) is 0 Å². The van der Waals surface area contributed by atoms with Gasteiger partial charge < -0.3 is 15.2 Å². The standard InChI is InChI=1S/C29H27BrClFN2O2/c1-36-28-25(16-20-15-22(30)7-10-26(20)34-28)27(19-5-8-23(31)9-6-19)29(35)11-12-33-17-21(29)13-18-3-2-4-24(32)14-18/h2-10,14-16,21,27,33,35H,11-13,17H2,1H3/t21-,27?,29?/m1/s1. The fraction of sp³-hybridized carbons (Fsp3) is 0.276. The Kier molecular flexibility index (Phi) is 7.31. The first-order valence-electron chi connectivity index (χ1n) is 11.9. The van der Waals surface area contributed by atoms with Crippen LogP contribution in [0.25, 0.3) is 10.9 Å². The third kappa shape index (κ3) is 5.00. The van der Waals surface area contributed by atoms with E-state index in [0.717, 1.165) is 32.1 Å². The maximum absolute atomic E-state index is 14.0. The summed E-state index contributed by atoms with van der Waals surface area (Å²) in [6.45, 7) is 1.26. The summed E-state index contributed by atoms with van der Waals surface area (Å²) in [4.78, 5) is 4.80. The molecule has 0 saturated carbocycles. The van der Waals surface area contributed by atoms with Crippen LogP contribution in [0.1, 0.15) is 29.0 Å². The van der Waals surface area contributed by atoms with Crippen molar-refractivity contribution in [3.63, 3.8) is 0 Å². The van der Waals surface area contributed by atoms with Gasteiger partial charge in [0.15, 0.2) is 0 Å². The van der Waals surface area contributed by atoms with Crippen LogP contribution >= 0.6 is 27.5 Å². The van der Waals surface area contributed by atoms with E-state index in [9.17, 15) is 9.50 Å². The van der Waals surface area contributed by atoms with Crippen LogP contribution in [0.4, 0.5) is 4.39 Å². The molecule has 0 radical (unpaired) electrons. The van der Waals surface area contributed by atoms with E-state index in [1.165, 1.54) is 6.07 Å². The van der Waals surface area contributed by atoms with Gasteiger partial charge in [0.05, 0.1) is 18.2 Å². The molecule has 186 valence electrons. The Balaban J connectivity index is 1.69. The number of hydrogen-bond acceptors (Lipinski definition) is 4. The molecule has 1 aliphatic rings. The predicted octanol–water partition coefficient (Wildman–Crippen LogP) is 6.51. The maximum atomic E-state index is 14.0. The lowest BCUT2D eigenvalue weighted by molar-refractivity contribution is -0.0544. The van der Waals surface area contributed by atoms with Gasteiger partial charge in [-0.15, -0.1) is 0 Å². The molecule has 36 heavy (non-hydrogen) atoms. The van der Waals surface area contributed by atoms with E-state index in [-0.39, 0.29) is 11.7 Å². The zero-order valence-corrected chi connectivity index (χ0v) is 22.2. The normalized spacial score (nSPS) is 20.9. The Labute approximate surface area is 223 Å². The van der Waals surface area contributed by atoms with E-state index in [4.69, 9.17) is 21.3 Å². The first-order chi connectivity index (χ1) is 17.4. The van der Waals surface area contributed by atoms with Gasteiger partial charge in [-0.1, -0.05) is 51.8 Å². The second kappa shape index (κ2) is 10.5. The lowest BCUT2D eigenvalue weighted by Crippen LogP contribution is -2.54. The van der Waals surface area contributed by atoms with Crippen LogP contribution in [-0.4, -0.2) is 35.9 Å². The van der Waals surface area contributed by atoms with Crippen molar-refractivity contribution in [2.75, 3.05) is 20.2 Å². The van der Waals surface area contributed by atoms with Crippen LogP contribution in [0.5, 0.6) is 5.88 Å². The number of hydrogen-bond donors (Lipinski definition) is 2. The molecule has 5 rings (SSSR count). The van der Waals surface area contributed by atoms with Gasteiger partial charge in [0, 0.05) is 38.8 Å². The average molecular weight is 570 g/mol. The number of ether oxygens (including phenoxy) is 1. The molecule has 0 amide bonds. The number of nitrogens with one attached hydrogen (secondary N) is 1. The number of methoxy groups -OCH3 is 1. The molecule has 0 bridgehead atoms. The zero-order valence-electron chi connectivity index (χ0n) is 19.8. The number of benzene rings is 3. The lowest BCUT2D eigenvalue weighted by atomic mass is 9.66. The molecule has 4 aromatic rings. The molecule has 2 unspecified atom stereocenters. The molecule has 1 aromatic heterocycles. The van der Waals surface area contributed by atoms with Gasteiger partial charge >= 0.3 is 0 Å². The molecule has 1 fully saturated rings. The van der Waals surface area contributed by atoms with Gasteiger partial charge in [0.1, 0.15) is 5.82 Å². The van der Waals surface area contributed by atoms with Crippen LogP contribution in [0.3, 0.4) is 0 Å². The quantitative estimate of drug-likeness (QED) is 0.278. The van der Waals surface area contributed by atoms with Gasteiger partial charge in [0.2, 0.25) is 5.88 Å². The summed E-state index contributed by atoms with van der Waals surface area (Å²) in [6, 6.07) is 22.2. The number of fused-ring (bicyclic) bond motifs is 1. The van der Waals surface area contributed by atoms with Crippen molar-refractivity contribution >= 4 is 38.4 Å². The van der Waals surface area contributed by atoms with Gasteiger partial charge in [-0.3, -0.25) is 0 Å². The summed E-state index contributed by atoms with van der Waals surface area (Å²) in [5.74, 6) is -0.431. The van der Waals surface area contributed by atoms with Crippen LogP contribution in [0, 0.1) is 11.7 Å². The minimum atomic E-state index is -1.15. The van der Waals surface area contributed by atoms with Crippen LogP contribution in [0.2, 0.25) is 5.02 Å². The molecule has 3 aromatic carbocycles. The summed E-state index contributed by atoms with van der Waals surface area (Å²) < 4.78 is 20.7. The number of pyridine rings is 1. The Morgan fingerprint density at radius 1 is 1.17 bits per heavy atom. The van der Waals surface area contributed by atoms with Crippen molar-refractivity contribution in [3.05, 3.63) is 105 Å². The van der Waals surface area contributed by atoms with Crippen LogP contribution in [0.15, 0.2) is 77.3 Å². The van der Waals surface area contributed by atoms with E-state index in [1.807, 2.05) is 48.5 Å². The van der Waals surface area contributed by atoms with Gasteiger partial charge in [0.25, 0.3) is 0 Å². The van der Waals surface area contributed by atoms with E-state index >= 15 is 0 Å². The zero-order chi connectivity index (χ0) is 25.3. The highest BCUT2D eigenvalue weighted by molar-refractivity contribution is 9.10. The fourth-order valence-electron chi connectivity index (χ4n) is 5.43. The summed E-state index contributed by atoms with van der Waals surface area (Å²) in [5, 5.41) is 17.6. The number of halogens is 3. The third-order valence-electron chi connectivity index (χ3n) is 7.15. The molecular weight excluding hydrogens is 543 g/mol. The van der Waals surface area contributed by atoms with Crippen molar-refractivity contribution < 1.29 is 14.2 Å². The molecule has 1 aliphatic heterocycles. The number of aromatic nitrogens is 1. The molecule has 4 nitrogen and oxygen atoms in total. The minimum absolute atomic E-state index is 0.184. The van der Waals surface area contributed by atoms with E-state index in [0.29, 0.717) is 36.8 Å². The minimum Gasteiger partial charge on any atom is -0.481 e. The van der Waals surface area contributed by atoms with Crippen molar-refractivity contribution in [1.29, 1.82) is 0 Å². The van der Waals surface area contributed by atoms with Crippen LogP contribution in [-0.2, 0) is 6.42 Å². The molecule has 7 heteroatoms. The predicted molar refractivity (Wildman–Crippen MR) is 145 cm³/mol. The molecule has 0 spiro atoms. The SMILES string of the molecule is COc1nc2ccc(Br)cc2cc1C(c1ccc(Cl)cc1)C1(O)CCNC[C@H]1Cc1cccc(F)c1. The highest BCUT2D eigenvalue weighted by atomic mass is 79.9. The fourth-order valence-corrected chi connectivity index (χ4v) is 5.94. The summed E-state index contributed by atoms with van der Waals surface area (Å²) in [5.41, 5.74) is 2.23. The van der Waals surface area contributed by atoms with E-state index < -0.39 is 11.5 Å². The van der Waals surface area contributed by atoms with Crippen LogP contribution < -0.4 is 10.1 Å². The van der Waals surface area contributed by atoms with E-state index in [2.05, 4.69) is 27.3 Å². The smallest absolute Gasteiger partial charge is 0.217 e. The molecular formula is C29H27BrClFN2O2. The highest BCUT2D eigenvalue weighted by Gasteiger charge is 2.47. The second-order valence-corrected chi connectivity index (χ2v) is 10.7. The summed E-state index contributed by atoms with van der Waals surface area (Å²) in [6.07, 6.45) is 1.04. The molecule has 1 saturated heterocycles. The van der Waals surface area contributed by atoms with Crippen molar-refractivity contribution in [2.24, 2.45) is 5.92 Å². The van der Waals surface area contributed by atoms with Gasteiger partial charge in [-0.25, -0.2) is 9.37 Å². The second-order valence-electron chi connectivity index (χ2n) is 9.38. The van der Waals surface area contributed by atoms with Crippen molar-refractivity contribution in [1.82, 2.24) is 10.3 Å². The van der Waals surface area contributed by atoms with Crippen molar-refractivity contribution in [2.45, 2.75) is 24.4 Å². The number of nitrogens with zero attached hydrogens (tertiary/aromatic N) is 1. The molecule has 2 N–H and O–H groups in total. The third-order valence-corrected chi connectivity index (χ3v) is 7.89. The van der Waals surface area contributed by atoms with Crippen molar-refractivity contribution in [3.8, 4) is 5.88 Å². The molecule has 0 aliphatic carbocycles. The number of piperidine rings is 1. The Bertz CT molecular complexity index is 1380. The van der Waals surface area contributed by atoms with Gasteiger partial charge in [-0.05, 0) is 79.0 Å². The van der Waals surface area contributed by atoms with E-state index in [1.54, 1.807) is 19.2 Å². The first kappa shape index (κ1) is 25.2. The number of aliphatic hydroxyl groups is 1. The monoisotopic (exact) mass is 568 g/mol. The lowest BCUT2D eigenvalue weighted by Gasteiger charge is -2.46. The average Bonchev–Trinajstić information content (AvgIpc) is 2.86. The maximum Gasteiger partial charge on any atom is 0.217 e. The highest BCUT2D eigenvalue weighted by Crippen LogP contribution is 2.47. The molecule has 2 heterocycles. The Hall–Kier alpha value is -2.51. The first-order valence-corrected chi connectivity index (χ1v) is 13.1. The summed E-state index contributed by atoms with van der Waals surface area (Å²) >= 11 is 9.80. The Morgan fingerprint density at radius 2 is 1.97 bits per heavy atom. The molecule has 3 atom stereocenters. The topological polar surface area (TPSA) is 54.4 Å². The largest absolute Gasteiger partial charge is 0.481 e. The Morgan fingerprint density at radius 3 is 2.72 bits per heavy atom. The summed E-state index contributed by atoms with van der Waals surface area (Å²) in [7, 11) is 1.60.